The molecule has 2 atom stereocenters. The molecule has 0 aromatic carbocycles. The molecule has 1 fully saturated rings. The number of carbonyl (C=O) groups is 1. The Balaban J connectivity index is 2.45. The van der Waals surface area contributed by atoms with Crippen molar-refractivity contribution >= 4 is 5.97 Å². The van der Waals surface area contributed by atoms with Gasteiger partial charge in [0.25, 0.3) is 0 Å². The van der Waals surface area contributed by atoms with Crippen molar-refractivity contribution in [2.75, 3.05) is 33.3 Å². The zero-order valence-electron chi connectivity index (χ0n) is 12.4. The van der Waals surface area contributed by atoms with Gasteiger partial charge in [-0.2, -0.15) is 0 Å². The lowest BCUT2D eigenvalue weighted by molar-refractivity contribution is -0.145. The molecule has 5 nitrogen and oxygen atoms in total. The maximum absolute atomic E-state index is 11.4. The third-order valence-corrected chi connectivity index (χ3v) is 3.61. The fourth-order valence-electron chi connectivity index (χ4n) is 2.50. The van der Waals surface area contributed by atoms with E-state index in [1.54, 1.807) is 6.92 Å². The molecule has 0 spiro atoms. The number of carboxylic acids is 1. The summed E-state index contributed by atoms with van der Waals surface area (Å²) in [6.45, 7) is 6.64. The van der Waals surface area contributed by atoms with Crippen molar-refractivity contribution in [1.29, 1.82) is 0 Å². The molecular formula is C14H28N2O3. The van der Waals surface area contributed by atoms with Crippen molar-refractivity contribution in [2.24, 2.45) is 0 Å². The average Bonchev–Trinajstić information content (AvgIpc) is 2.37. The number of carboxylic acid groups (broad SMARTS) is 1. The molecule has 19 heavy (non-hydrogen) atoms. The molecule has 0 radical (unpaired) electrons. The van der Waals surface area contributed by atoms with Gasteiger partial charge in [0.15, 0.2) is 0 Å². The molecule has 2 N–H and O–H groups in total. The van der Waals surface area contributed by atoms with Gasteiger partial charge in [-0.05, 0) is 46.2 Å². The smallest absolute Gasteiger partial charge is 0.324 e. The first-order chi connectivity index (χ1) is 8.98. The van der Waals surface area contributed by atoms with Gasteiger partial charge in [-0.15, -0.1) is 0 Å². The predicted molar refractivity (Wildman–Crippen MR) is 75.4 cm³/mol. The van der Waals surface area contributed by atoms with E-state index in [0.29, 0.717) is 6.54 Å². The maximum atomic E-state index is 11.4. The largest absolute Gasteiger partial charge is 0.480 e. The van der Waals surface area contributed by atoms with Gasteiger partial charge in [0.05, 0.1) is 6.10 Å². The summed E-state index contributed by atoms with van der Waals surface area (Å²) in [6.07, 6.45) is 4.62. The molecule has 1 heterocycles. The highest BCUT2D eigenvalue weighted by atomic mass is 16.5. The van der Waals surface area contributed by atoms with Crippen LogP contribution in [0.25, 0.3) is 0 Å². The van der Waals surface area contributed by atoms with Crippen molar-refractivity contribution in [3.63, 3.8) is 0 Å². The zero-order valence-corrected chi connectivity index (χ0v) is 12.4. The topological polar surface area (TPSA) is 61.8 Å². The quantitative estimate of drug-likeness (QED) is 0.698. The number of nitrogens with one attached hydrogen (secondary N) is 1. The van der Waals surface area contributed by atoms with Crippen LogP contribution in [-0.4, -0.2) is 60.9 Å². The second-order valence-electron chi connectivity index (χ2n) is 5.75. The standard InChI is InChI=1S/C14H28N2O3/c1-4-8-15-14(2,13(17)18)11-16(3)10-12-7-5-6-9-19-12/h12,15H,4-11H2,1-3H3,(H,17,18). The number of hydrogen-bond acceptors (Lipinski definition) is 4. The minimum Gasteiger partial charge on any atom is -0.480 e. The number of aliphatic carboxylic acids is 1. The highest BCUT2D eigenvalue weighted by molar-refractivity contribution is 5.78. The van der Waals surface area contributed by atoms with Crippen LogP contribution in [0.2, 0.25) is 0 Å². The van der Waals surface area contributed by atoms with Gasteiger partial charge in [-0.25, -0.2) is 0 Å². The van der Waals surface area contributed by atoms with E-state index < -0.39 is 11.5 Å². The Morgan fingerprint density at radius 3 is 2.79 bits per heavy atom. The minimum absolute atomic E-state index is 0.253. The third kappa shape index (κ3) is 5.47. The van der Waals surface area contributed by atoms with E-state index in [0.717, 1.165) is 39.0 Å². The first-order valence-electron chi connectivity index (χ1n) is 7.26. The molecule has 0 amide bonds. The van der Waals surface area contributed by atoms with Crippen molar-refractivity contribution < 1.29 is 14.6 Å². The first kappa shape index (κ1) is 16.4. The van der Waals surface area contributed by atoms with Crippen LogP contribution < -0.4 is 5.32 Å². The Kier molecular flexibility index (Phi) is 6.75. The molecular weight excluding hydrogens is 244 g/mol. The van der Waals surface area contributed by atoms with Gasteiger partial charge in [0, 0.05) is 19.7 Å². The summed E-state index contributed by atoms with van der Waals surface area (Å²) < 4.78 is 5.70. The fraction of sp³-hybridized carbons (Fsp3) is 0.929. The Morgan fingerprint density at radius 2 is 2.26 bits per heavy atom. The number of nitrogens with zero attached hydrogens (tertiary/aromatic N) is 1. The zero-order chi connectivity index (χ0) is 14.3. The summed E-state index contributed by atoms with van der Waals surface area (Å²) in [7, 11) is 1.97. The molecule has 0 aromatic rings. The van der Waals surface area contributed by atoms with Crippen LogP contribution in [0.3, 0.4) is 0 Å². The van der Waals surface area contributed by atoms with Crippen molar-refractivity contribution in [3.05, 3.63) is 0 Å². The van der Waals surface area contributed by atoms with E-state index in [9.17, 15) is 9.90 Å². The summed E-state index contributed by atoms with van der Waals surface area (Å²) >= 11 is 0. The van der Waals surface area contributed by atoms with Crippen molar-refractivity contribution in [2.45, 2.75) is 51.2 Å². The fourth-order valence-corrected chi connectivity index (χ4v) is 2.50. The normalized spacial score (nSPS) is 23.3. The predicted octanol–water partition coefficient (Wildman–Crippen LogP) is 1.33. The lowest BCUT2D eigenvalue weighted by Crippen LogP contribution is -2.57. The molecule has 0 bridgehead atoms. The van der Waals surface area contributed by atoms with Crippen molar-refractivity contribution in [3.8, 4) is 0 Å². The van der Waals surface area contributed by atoms with Crippen LogP contribution in [0, 0.1) is 0 Å². The second-order valence-corrected chi connectivity index (χ2v) is 5.75. The number of hydrogen-bond donors (Lipinski definition) is 2. The third-order valence-electron chi connectivity index (χ3n) is 3.61. The highest BCUT2D eigenvalue weighted by Gasteiger charge is 2.34. The van der Waals surface area contributed by atoms with Gasteiger partial charge in [-0.3, -0.25) is 4.79 Å². The Labute approximate surface area is 116 Å². The highest BCUT2D eigenvalue weighted by Crippen LogP contribution is 2.15. The van der Waals surface area contributed by atoms with Crippen LogP contribution in [0.5, 0.6) is 0 Å². The number of likely N-dealkylation sites (N-methyl/N-ethyl adjacent to an activating group) is 1. The summed E-state index contributed by atoms with van der Waals surface area (Å²) in [6, 6.07) is 0. The Bertz CT molecular complexity index is 280. The first-order valence-corrected chi connectivity index (χ1v) is 7.26. The van der Waals surface area contributed by atoms with Gasteiger partial charge in [0.2, 0.25) is 0 Å². The van der Waals surface area contributed by atoms with E-state index in [-0.39, 0.29) is 6.10 Å². The van der Waals surface area contributed by atoms with E-state index in [1.807, 2.05) is 14.0 Å². The lowest BCUT2D eigenvalue weighted by atomic mass is 10.0. The summed E-state index contributed by atoms with van der Waals surface area (Å²) in [5.74, 6) is -0.794. The summed E-state index contributed by atoms with van der Waals surface area (Å²) in [5.41, 5.74) is -0.889. The van der Waals surface area contributed by atoms with Crippen LogP contribution >= 0.6 is 0 Å². The molecule has 1 rings (SSSR count). The molecule has 1 aliphatic heterocycles. The molecule has 0 aliphatic carbocycles. The number of ether oxygens (including phenoxy) is 1. The van der Waals surface area contributed by atoms with Gasteiger partial charge in [0.1, 0.15) is 5.54 Å². The Morgan fingerprint density at radius 1 is 1.53 bits per heavy atom. The molecule has 1 aliphatic rings. The summed E-state index contributed by atoms with van der Waals surface area (Å²) in [4.78, 5) is 13.5. The van der Waals surface area contributed by atoms with E-state index in [4.69, 9.17) is 4.74 Å². The van der Waals surface area contributed by atoms with Crippen LogP contribution in [0.15, 0.2) is 0 Å². The van der Waals surface area contributed by atoms with E-state index >= 15 is 0 Å². The van der Waals surface area contributed by atoms with Gasteiger partial charge >= 0.3 is 5.97 Å². The van der Waals surface area contributed by atoms with Crippen LogP contribution in [-0.2, 0) is 9.53 Å². The maximum Gasteiger partial charge on any atom is 0.324 e. The SMILES string of the molecule is CCCNC(C)(CN(C)CC1CCCCO1)C(=O)O. The molecule has 0 aromatic heterocycles. The molecule has 0 saturated carbocycles. The van der Waals surface area contributed by atoms with Crippen molar-refractivity contribution in [1.82, 2.24) is 10.2 Å². The monoisotopic (exact) mass is 272 g/mol. The minimum atomic E-state index is -0.889. The lowest BCUT2D eigenvalue weighted by Gasteiger charge is -2.33. The van der Waals surface area contributed by atoms with Crippen LogP contribution in [0.1, 0.15) is 39.5 Å². The number of rotatable bonds is 8. The second kappa shape index (κ2) is 7.82. The molecule has 112 valence electrons. The van der Waals surface area contributed by atoms with E-state index in [1.165, 1.54) is 6.42 Å². The van der Waals surface area contributed by atoms with Gasteiger partial charge in [-0.1, -0.05) is 6.92 Å². The van der Waals surface area contributed by atoms with E-state index in [2.05, 4.69) is 10.2 Å². The van der Waals surface area contributed by atoms with Gasteiger partial charge < -0.3 is 20.1 Å². The molecule has 2 unspecified atom stereocenters. The van der Waals surface area contributed by atoms with Crippen LogP contribution in [0.4, 0.5) is 0 Å². The Hall–Kier alpha value is -0.650. The summed E-state index contributed by atoms with van der Waals surface area (Å²) in [5, 5.41) is 12.5. The average molecular weight is 272 g/mol. The molecule has 1 saturated heterocycles. The molecule has 5 heteroatoms.